The molecule has 1 N–H and O–H groups in total. The van der Waals surface area contributed by atoms with Crippen LogP contribution in [0.5, 0.6) is 5.75 Å². The van der Waals surface area contributed by atoms with Gasteiger partial charge in [-0.05, 0) is 66.3 Å². The van der Waals surface area contributed by atoms with E-state index in [9.17, 15) is 28.7 Å². The SMILES string of the molecule is O=C1[C@H]2[C@H](CC=C3[C@H]2C[C@@]2(Cl)C(=O)N(c4ccc(F)cc4)C(=O)[C@@]2(Cl)[C@H]3c2cccc(O)c2)C(=O)N1Cc1ccccc1. The van der Waals surface area contributed by atoms with E-state index in [1.807, 2.05) is 36.4 Å². The second-order valence-electron chi connectivity index (χ2n) is 11.6. The molecule has 4 aliphatic rings. The average Bonchev–Trinajstić information content (AvgIpc) is 3.32. The zero-order chi connectivity index (χ0) is 30.3. The molecule has 2 heterocycles. The summed E-state index contributed by atoms with van der Waals surface area (Å²) < 4.78 is 13.8. The molecule has 2 saturated heterocycles. The summed E-state index contributed by atoms with van der Waals surface area (Å²) >= 11 is 14.6. The maximum Gasteiger partial charge on any atom is 0.258 e. The van der Waals surface area contributed by atoms with Gasteiger partial charge in [0.1, 0.15) is 11.6 Å². The van der Waals surface area contributed by atoms with Crippen molar-refractivity contribution in [1.29, 1.82) is 0 Å². The molecule has 2 aliphatic carbocycles. The van der Waals surface area contributed by atoms with Gasteiger partial charge in [-0.25, -0.2) is 9.29 Å². The molecular formula is C33H25Cl2FN2O5. The molecule has 6 atom stereocenters. The maximum atomic E-state index is 14.3. The van der Waals surface area contributed by atoms with Crippen LogP contribution in [0.3, 0.4) is 0 Å². The van der Waals surface area contributed by atoms with Crippen LogP contribution < -0.4 is 4.90 Å². The minimum atomic E-state index is -2.04. The summed E-state index contributed by atoms with van der Waals surface area (Å²) in [6, 6.07) is 20.3. The number of nitrogens with zero attached hydrogens (tertiary/aromatic N) is 2. The van der Waals surface area contributed by atoms with Gasteiger partial charge in [-0.3, -0.25) is 24.1 Å². The van der Waals surface area contributed by atoms with Gasteiger partial charge < -0.3 is 5.11 Å². The van der Waals surface area contributed by atoms with Crippen LogP contribution in [-0.2, 0) is 25.7 Å². The fourth-order valence-electron chi connectivity index (χ4n) is 7.46. The van der Waals surface area contributed by atoms with Crippen molar-refractivity contribution in [2.75, 3.05) is 4.90 Å². The lowest BCUT2D eigenvalue weighted by Crippen LogP contribution is -2.60. The van der Waals surface area contributed by atoms with Crippen molar-refractivity contribution in [1.82, 2.24) is 4.90 Å². The number of anilines is 1. The van der Waals surface area contributed by atoms with E-state index < -0.39 is 51.1 Å². The van der Waals surface area contributed by atoms with Crippen molar-refractivity contribution in [3.8, 4) is 5.75 Å². The Morgan fingerprint density at radius 2 is 1.58 bits per heavy atom. The summed E-state index contributed by atoms with van der Waals surface area (Å²) in [5, 5.41) is 10.4. The summed E-state index contributed by atoms with van der Waals surface area (Å²) in [6.45, 7) is 0.116. The summed E-state index contributed by atoms with van der Waals surface area (Å²) in [5.41, 5.74) is 1.98. The number of hydrogen-bond acceptors (Lipinski definition) is 5. The Morgan fingerprint density at radius 1 is 0.860 bits per heavy atom. The Kier molecular flexibility index (Phi) is 6.31. The van der Waals surface area contributed by atoms with Crippen molar-refractivity contribution in [3.63, 3.8) is 0 Å². The number of benzene rings is 3. The summed E-state index contributed by atoms with van der Waals surface area (Å²) in [5.74, 6) is -6.01. The molecule has 43 heavy (non-hydrogen) atoms. The quantitative estimate of drug-likeness (QED) is 0.243. The average molecular weight is 619 g/mol. The van der Waals surface area contributed by atoms with Gasteiger partial charge >= 0.3 is 0 Å². The largest absolute Gasteiger partial charge is 0.508 e. The number of alkyl halides is 2. The predicted octanol–water partition coefficient (Wildman–Crippen LogP) is 5.29. The molecule has 7 rings (SSSR count). The number of halogens is 3. The third-order valence-corrected chi connectivity index (χ3v) is 10.8. The van der Waals surface area contributed by atoms with E-state index in [0.717, 1.165) is 22.6 Å². The van der Waals surface area contributed by atoms with Gasteiger partial charge in [-0.1, -0.05) is 54.1 Å². The first-order chi connectivity index (χ1) is 20.6. The number of likely N-dealkylation sites (tertiary alicyclic amines) is 1. The molecule has 0 aromatic heterocycles. The number of hydrogen-bond donors (Lipinski definition) is 1. The van der Waals surface area contributed by atoms with Gasteiger partial charge in [-0.2, -0.15) is 0 Å². The van der Waals surface area contributed by atoms with Crippen molar-refractivity contribution < 1.29 is 28.7 Å². The molecule has 7 nitrogen and oxygen atoms in total. The zero-order valence-electron chi connectivity index (χ0n) is 22.6. The molecule has 4 amide bonds. The van der Waals surface area contributed by atoms with E-state index in [2.05, 4.69) is 0 Å². The number of carbonyl (C=O) groups is 4. The molecule has 3 aromatic rings. The third kappa shape index (κ3) is 3.85. The summed E-state index contributed by atoms with van der Waals surface area (Å²) in [4.78, 5) is 54.2. The second-order valence-corrected chi connectivity index (χ2v) is 12.8. The van der Waals surface area contributed by atoms with Crippen LogP contribution in [0, 0.1) is 23.6 Å². The van der Waals surface area contributed by atoms with E-state index in [0.29, 0.717) is 11.1 Å². The molecule has 0 radical (unpaired) electrons. The van der Waals surface area contributed by atoms with Crippen LogP contribution >= 0.6 is 23.2 Å². The highest BCUT2D eigenvalue weighted by molar-refractivity contribution is 6.58. The zero-order valence-corrected chi connectivity index (χ0v) is 24.1. The Labute approximate surface area is 256 Å². The highest BCUT2D eigenvalue weighted by Crippen LogP contribution is 2.65. The molecule has 0 bridgehead atoms. The van der Waals surface area contributed by atoms with Crippen LogP contribution in [0.1, 0.15) is 29.9 Å². The van der Waals surface area contributed by atoms with Crippen molar-refractivity contribution in [2.45, 2.75) is 35.1 Å². The predicted molar refractivity (Wildman–Crippen MR) is 157 cm³/mol. The Morgan fingerprint density at radius 3 is 2.28 bits per heavy atom. The lowest BCUT2D eigenvalue weighted by atomic mass is 9.56. The summed E-state index contributed by atoms with van der Waals surface area (Å²) in [6.07, 6.45) is 1.92. The minimum absolute atomic E-state index is 0.0809. The molecule has 218 valence electrons. The smallest absolute Gasteiger partial charge is 0.258 e. The molecule has 0 spiro atoms. The normalized spacial score (nSPS) is 31.6. The number of fused-ring (bicyclic) bond motifs is 4. The van der Waals surface area contributed by atoms with Crippen molar-refractivity contribution in [2.24, 2.45) is 17.8 Å². The van der Waals surface area contributed by atoms with Gasteiger partial charge in [0, 0.05) is 5.92 Å². The first-order valence-corrected chi connectivity index (χ1v) is 14.7. The first-order valence-electron chi connectivity index (χ1n) is 14.0. The molecule has 3 aromatic carbocycles. The lowest BCUT2D eigenvalue weighted by molar-refractivity contribution is -0.141. The number of phenols is 1. The van der Waals surface area contributed by atoms with Gasteiger partial charge in [0.2, 0.25) is 11.8 Å². The number of rotatable bonds is 4. The number of allylic oxidation sites excluding steroid dienone is 2. The maximum absolute atomic E-state index is 14.3. The van der Waals surface area contributed by atoms with Crippen LogP contribution in [0.4, 0.5) is 10.1 Å². The second kappa shape index (κ2) is 9.76. The van der Waals surface area contributed by atoms with Gasteiger partial charge in [0.25, 0.3) is 11.8 Å². The Hall–Kier alpha value is -4.01. The molecule has 1 saturated carbocycles. The Balaban J connectivity index is 1.36. The Bertz CT molecular complexity index is 1730. The lowest BCUT2D eigenvalue weighted by Gasteiger charge is -2.50. The fraction of sp³-hybridized carbons (Fsp3) is 0.273. The standard InChI is InChI=1S/C33H25Cl2FN2O5/c34-32-16-25-23(13-14-24-26(25)29(41)37(28(24)40)17-18-5-2-1-3-6-18)27(19-7-4-8-22(39)15-19)33(32,35)31(43)38(30(32)42)21-11-9-20(36)10-12-21/h1-13,15,24-27,39H,14,16-17H2/t24-,25+,26-,27-,32+,33-/m0/s1. The van der Waals surface area contributed by atoms with E-state index in [1.165, 1.54) is 29.2 Å². The van der Waals surface area contributed by atoms with Gasteiger partial charge in [0.15, 0.2) is 9.75 Å². The number of amides is 4. The van der Waals surface area contributed by atoms with E-state index in [-0.39, 0.29) is 42.6 Å². The topological polar surface area (TPSA) is 95.0 Å². The monoisotopic (exact) mass is 618 g/mol. The van der Waals surface area contributed by atoms with Gasteiger partial charge in [0.05, 0.1) is 24.1 Å². The van der Waals surface area contributed by atoms with Crippen LogP contribution in [0.25, 0.3) is 0 Å². The molecule has 10 heteroatoms. The number of carbonyl (C=O) groups excluding carboxylic acids is 4. The van der Waals surface area contributed by atoms with Gasteiger partial charge in [-0.15, -0.1) is 23.2 Å². The molecule has 3 fully saturated rings. The highest BCUT2D eigenvalue weighted by Gasteiger charge is 2.76. The van der Waals surface area contributed by atoms with Crippen molar-refractivity contribution in [3.05, 3.63) is 107 Å². The van der Waals surface area contributed by atoms with Crippen LogP contribution in [0.15, 0.2) is 90.5 Å². The van der Waals surface area contributed by atoms with E-state index in [1.54, 1.807) is 12.1 Å². The van der Waals surface area contributed by atoms with Crippen molar-refractivity contribution >= 4 is 52.5 Å². The third-order valence-electron chi connectivity index (χ3n) is 9.37. The molecule has 0 unspecified atom stereocenters. The molecule has 2 aliphatic heterocycles. The van der Waals surface area contributed by atoms with E-state index in [4.69, 9.17) is 23.2 Å². The molecular weight excluding hydrogens is 594 g/mol. The van der Waals surface area contributed by atoms with E-state index >= 15 is 0 Å². The number of aromatic hydroxyl groups is 1. The summed E-state index contributed by atoms with van der Waals surface area (Å²) in [7, 11) is 0. The number of imide groups is 2. The fourth-order valence-corrected chi connectivity index (χ4v) is 8.40. The minimum Gasteiger partial charge on any atom is -0.508 e. The van der Waals surface area contributed by atoms with Crippen LogP contribution in [0.2, 0.25) is 0 Å². The first kappa shape index (κ1) is 27.8. The number of phenolic OH excluding ortho intramolecular Hbond substituents is 1. The van der Waals surface area contributed by atoms with Crippen LogP contribution in [-0.4, -0.2) is 43.4 Å². The highest BCUT2D eigenvalue weighted by atomic mass is 35.5.